The van der Waals surface area contributed by atoms with Gasteiger partial charge < -0.3 is 19.9 Å². The lowest BCUT2D eigenvalue weighted by atomic mass is 10.2. The van der Waals surface area contributed by atoms with Gasteiger partial charge in [-0.3, -0.25) is 9.59 Å². The fourth-order valence-corrected chi connectivity index (χ4v) is 3.73. The fourth-order valence-electron chi connectivity index (χ4n) is 3.60. The van der Waals surface area contributed by atoms with Crippen LogP contribution in [0.15, 0.2) is 72.9 Å². The van der Waals surface area contributed by atoms with E-state index in [0.29, 0.717) is 41.7 Å². The average Bonchev–Trinajstić information content (AvgIpc) is 3.11. The number of amides is 2. The number of rotatable bonds is 6. The summed E-state index contributed by atoms with van der Waals surface area (Å²) >= 11 is 5.88. The molecule has 1 N–H and O–H groups in total. The summed E-state index contributed by atoms with van der Waals surface area (Å²) in [5.41, 5.74) is 1.23. The molecule has 170 valence electrons. The minimum absolute atomic E-state index is 0.00427. The first-order valence-electron chi connectivity index (χ1n) is 10.8. The molecule has 8 heteroatoms. The van der Waals surface area contributed by atoms with E-state index in [1.165, 1.54) is 0 Å². The fraction of sp³-hybridized carbons (Fsp3) is 0.240. The van der Waals surface area contributed by atoms with Gasteiger partial charge in [-0.05, 0) is 55.0 Å². The summed E-state index contributed by atoms with van der Waals surface area (Å²) in [5, 5.41) is 3.49. The smallest absolute Gasteiger partial charge is 0.260 e. The van der Waals surface area contributed by atoms with Crippen molar-refractivity contribution < 1.29 is 14.3 Å². The van der Waals surface area contributed by atoms with E-state index in [1.54, 1.807) is 42.6 Å². The van der Waals surface area contributed by atoms with Gasteiger partial charge in [0, 0.05) is 36.8 Å². The molecular weight excluding hydrogens is 440 g/mol. The zero-order chi connectivity index (χ0) is 23.0. The second-order valence-corrected chi connectivity index (χ2v) is 8.13. The molecule has 0 radical (unpaired) electrons. The van der Waals surface area contributed by atoms with E-state index in [0.717, 1.165) is 18.8 Å². The minimum Gasteiger partial charge on any atom is -0.484 e. The molecule has 0 spiro atoms. The molecule has 1 aromatic heterocycles. The summed E-state index contributed by atoms with van der Waals surface area (Å²) in [6.07, 6.45) is 2.49. The normalized spacial score (nSPS) is 13.8. The maximum atomic E-state index is 12.6. The largest absolute Gasteiger partial charge is 0.484 e. The molecule has 4 rings (SSSR count). The third-order valence-corrected chi connectivity index (χ3v) is 5.64. The summed E-state index contributed by atoms with van der Waals surface area (Å²) in [5.74, 6) is 1.22. The van der Waals surface area contributed by atoms with Crippen molar-refractivity contribution in [1.29, 1.82) is 0 Å². The molecule has 33 heavy (non-hydrogen) atoms. The molecular formula is C25H25ClN4O3. The molecule has 2 amide bonds. The lowest BCUT2D eigenvalue weighted by Crippen LogP contribution is -2.38. The maximum absolute atomic E-state index is 12.6. The van der Waals surface area contributed by atoms with Gasteiger partial charge in [0.2, 0.25) is 0 Å². The van der Waals surface area contributed by atoms with E-state index in [-0.39, 0.29) is 18.4 Å². The van der Waals surface area contributed by atoms with E-state index >= 15 is 0 Å². The maximum Gasteiger partial charge on any atom is 0.260 e. The topological polar surface area (TPSA) is 74.8 Å². The van der Waals surface area contributed by atoms with Crippen molar-refractivity contribution in [3.8, 4) is 5.75 Å². The molecule has 0 saturated carbocycles. The van der Waals surface area contributed by atoms with Gasteiger partial charge in [0.15, 0.2) is 6.61 Å². The molecule has 1 saturated heterocycles. The van der Waals surface area contributed by atoms with E-state index in [9.17, 15) is 9.59 Å². The number of nitrogens with one attached hydrogen (secondary N) is 1. The van der Waals surface area contributed by atoms with Gasteiger partial charge in [0.1, 0.15) is 11.6 Å². The van der Waals surface area contributed by atoms with Crippen molar-refractivity contribution in [2.75, 3.05) is 43.0 Å². The first kappa shape index (κ1) is 22.6. The Hall–Kier alpha value is -3.58. The number of aromatic nitrogens is 1. The van der Waals surface area contributed by atoms with E-state index in [2.05, 4.69) is 15.2 Å². The van der Waals surface area contributed by atoms with Crippen molar-refractivity contribution >= 4 is 34.9 Å². The Balaban J connectivity index is 1.28. The molecule has 1 fully saturated rings. The van der Waals surface area contributed by atoms with Crippen LogP contribution in [0.25, 0.3) is 0 Å². The Kier molecular flexibility index (Phi) is 7.42. The molecule has 7 nitrogen and oxygen atoms in total. The molecule has 0 atom stereocenters. The van der Waals surface area contributed by atoms with Crippen LogP contribution in [-0.2, 0) is 4.79 Å². The van der Waals surface area contributed by atoms with Crippen molar-refractivity contribution in [3.63, 3.8) is 0 Å². The van der Waals surface area contributed by atoms with Crippen LogP contribution in [0.5, 0.6) is 5.75 Å². The van der Waals surface area contributed by atoms with Gasteiger partial charge in [0.05, 0.1) is 11.9 Å². The second kappa shape index (κ2) is 10.8. The Morgan fingerprint density at radius 1 is 0.939 bits per heavy atom. The molecule has 0 unspecified atom stereocenters. The number of hydrogen-bond donors (Lipinski definition) is 1. The van der Waals surface area contributed by atoms with Crippen molar-refractivity contribution in [2.24, 2.45) is 0 Å². The van der Waals surface area contributed by atoms with Gasteiger partial charge in [-0.25, -0.2) is 4.98 Å². The number of carbonyl (C=O) groups excluding carboxylic acids is 2. The van der Waals surface area contributed by atoms with Crippen LogP contribution < -0.4 is 15.0 Å². The van der Waals surface area contributed by atoms with Gasteiger partial charge in [0.25, 0.3) is 11.8 Å². The summed E-state index contributed by atoms with van der Waals surface area (Å²) in [6, 6.07) is 19.8. The average molecular weight is 465 g/mol. The number of benzene rings is 2. The quantitative estimate of drug-likeness (QED) is 0.594. The standard InChI is InChI=1S/C25H25ClN4O3/c26-20-7-10-22(11-8-20)33-18-24(31)30-14-4-13-29(15-16-30)23-12-9-21(17-27-23)28-25(32)19-5-2-1-3-6-19/h1-3,5-12,17H,4,13-16,18H2,(H,28,32). The molecule has 2 aromatic carbocycles. The summed E-state index contributed by atoms with van der Waals surface area (Å²) < 4.78 is 5.59. The van der Waals surface area contributed by atoms with E-state index < -0.39 is 0 Å². The van der Waals surface area contributed by atoms with Crippen LogP contribution >= 0.6 is 11.6 Å². The first-order chi connectivity index (χ1) is 16.1. The number of pyridine rings is 1. The third kappa shape index (κ3) is 6.23. The molecule has 2 heterocycles. The second-order valence-electron chi connectivity index (χ2n) is 7.69. The number of anilines is 2. The van der Waals surface area contributed by atoms with Gasteiger partial charge in [-0.15, -0.1) is 0 Å². The molecule has 1 aliphatic rings. The number of hydrogen-bond acceptors (Lipinski definition) is 5. The van der Waals surface area contributed by atoms with Gasteiger partial charge in [-0.2, -0.15) is 0 Å². The van der Waals surface area contributed by atoms with Gasteiger partial charge in [-0.1, -0.05) is 29.8 Å². The highest BCUT2D eigenvalue weighted by Crippen LogP contribution is 2.18. The van der Waals surface area contributed by atoms with Crippen molar-refractivity contribution in [2.45, 2.75) is 6.42 Å². The Labute approximate surface area is 197 Å². The number of nitrogens with zero attached hydrogens (tertiary/aromatic N) is 3. The Morgan fingerprint density at radius 2 is 1.73 bits per heavy atom. The van der Waals surface area contributed by atoms with Gasteiger partial charge >= 0.3 is 0 Å². The molecule has 0 aliphatic carbocycles. The van der Waals surface area contributed by atoms with Crippen molar-refractivity contribution in [1.82, 2.24) is 9.88 Å². The van der Waals surface area contributed by atoms with E-state index in [1.807, 2.05) is 35.2 Å². The van der Waals surface area contributed by atoms with Crippen molar-refractivity contribution in [3.05, 3.63) is 83.5 Å². The molecule has 1 aliphatic heterocycles. The van der Waals surface area contributed by atoms with Crippen LogP contribution in [0.1, 0.15) is 16.8 Å². The van der Waals surface area contributed by atoms with Crippen LogP contribution in [0.4, 0.5) is 11.5 Å². The monoisotopic (exact) mass is 464 g/mol. The lowest BCUT2D eigenvalue weighted by Gasteiger charge is -2.23. The van der Waals surface area contributed by atoms with E-state index in [4.69, 9.17) is 16.3 Å². The predicted molar refractivity (Wildman–Crippen MR) is 129 cm³/mol. The first-order valence-corrected chi connectivity index (χ1v) is 11.2. The highest BCUT2D eigenvalue weighted by Gasteiger charge is 2.20. The summed E-state index contributed by atoms with van der Waals surface area (Å²) in [7, 11) is 0. The minimum atomic E-state index is -0.171. The van der Waals surface area contributed by atoms with Crippen LogP contribution in [0, 0.1) is 0 Å². The number of carbonyl (C=O) groups is 2. The number of halogens is 1. The molecule has 3 aromatic rings. The zero-order valence-corrected chi connectivity index (χ0v) is 18.9. The highest BCUT2D eigenvalue weighted by molar-refractivity contribution is 6.30. The highest BCUT2D eigenvalue weighted by atomic mass is 35.5. The number of ether oxygens (including phenoxy) is 1. The molecule has 0 bridgehead atoms. The Morgan fingerprint density at radius 3 is 2.45 bits per heavy atom. The zero-order valence-electron chi connectivity index (χ0n) is 18.1. The Bertz CT molecular complexity index is 1080. The third-order valence-electron chi connectivity index (χ3n) is 5.39. The SMILES string of the molecule is O=C(Nc1ccc(N2CCCN(C(=O)COc3ccc(Cl)cc3)CC2)nc1)c1ccccc1. The summed E-state index contributed by atoms with van der Waals surface area (Å²) in [4.78, 5) is 33.4. The van der Waals surface area contributed by atoms with Crippen LogP contribution in [-0.4, -0.2) is 54.5 Å². The predicted octanol–water partition coefficient (Wildman–Crippen LogP) is 4.11. The van der Waals surface area contributed by atoms with Crippen LogP contribution in [0.3, 0.4) is 0 Å². The lowest BCUT2D eigenvalue weighted by molar-refractivity contribution is -0.133. The van der Waals surface area contributed by atoms with Crippen LogP contribution in [0.2, 0.25) is 5.02 Å². The summed E-state index contributed by atoms with van der Waals surface area (Å²) in [6.45, 7) is 2.73.